The molecule has 4 rings (SSSR count). The van der Waals surface area contributed by atoms with Crippen LogP contribution in [0, 0.1) is 0 Å². The molecule has 0 unspecified atom stereocenters. The first-order valence-electron chi connectivity index (χ1n) is 11.0. The van der Waals surface area contributed by atoms with Crippen LogP contribution in [0.25, 0.3) is 0 Å². The molecule has 0 spiro atoms. The molecule has 0 N–H and O–H groups in total. The summed E-state index contributed by atoms with van der Waals surface area (Å²) < 4.78 is 44.1. The second kappa shape index (κ2) is 9.74. The molecule has 2 amide bonds. The number of alkyl halides is 3. The van der Waals surface area contributed by atoms with Gasteiger partial charge in [-0.15, -0.1) is 0 Å². The lowest BCUT2D eigenvalue weighted by Gasteiger charge is -2.36. The van der Waals surface area contributed by atoms with Crippen molar-refractivity contribution in [2.45, 2.75) is 19.0 Å². The van der Waals surface area contributed by atoms with Crippen molar-refractivity contribution in [2.24, 2.45) is 0 Å². The average Bonchev–Trinajstić information content (AvgIpc) is 3.28. The predicted octanol–water partition coefficient (Wildman–Crippen LogP) is 3.34. The zero-order valence-corrected chi connectivity index (χ0v) is 18.4. The number of anilines is 2. The lowest BCUT2D eigenvalue weighted by molar-refractivity contribution is -0.137. The van der Waals surface area contributed by atoms with E-state index in [2.05, 4.69) is 0 Å². The van der Waals surface area contributed by atoms with Gasteiger partial charge < -0.3 is 19.4 Å². The first-order valence-corrected chi connectivity index (χ1v) is 11.0. The highest BCUT2D eigenvalue weighted by Gasteiger charge is 2.31. The highest BCUT2D eigenvalue weighted by molar-refractivity contribution is 5.97. The molecule has 0 bridgehead atoms. The predicted molar refractivity (Wildman–Crippen MR) is 119 cm³/mol. The van der Waals surface area contributed by atoms with Gasteiger partial charge in [-0.05, 0) is 42.8 Å². The lowest BCUT2D eigenvalue weighted by atomic mass is 10.1. The number of esters is 1. The van der Waals surface area contributed by atoms with E-state index < -0.39 is 24.3 Å². The van der Waals surface area contributed by atoms with E-state index in [1.807, 2.05) is 0 Å². The van der Waals surface area contributed by atoms with Gasteiger partial charge in [0.05, 0.1) is 11.1 Å². The third-order valence-corrected chi connectivity index (χ3v) is 5.96. The monoisotopic (exact) mass is 475 g/mol. The van der Waals surface area contributed by atoms with Gasteiger partial charge in [-0.3, -0.25) is 9.59 Å². The summed E-state index contributed by atoms with van der Waals surface area (Å²) in [7, 11) is 0. The molecule has 2 fully saturated rings. The van der Waals surface area contributed by atoms with E-state index in [0.717, 1.165) is 18.6 Å². The first-order chi connectivity index (χ1) is 16.2. The van der Waals surface area contributed by atoms with Crippen LogP contribution in [-0.2, 0) is 20.5 Å². The summed E-state index contributed by atoms with van der Waals surface area (Å²) in [4.78, 5) is 41.8. The van der Waals surface area contributed by atoms with E-state index in [9.17, 15) is 27.6 Å². The minimum Gasteiger partial charge on any atom is -0.452 e. The molecule has 10 heteroatoms. The van der Waals surface area contributed by atoms with Crippen molar-refractivity contribution in [3.05, 3.63) is 59.7 Å². The van der Waals surface area contributed by atoms with E-state index in [-0.39, 0.29) is 17.4 Å². The zero-order chi connectivity index (χ0) is 24.3. The Morgan fingerprint density at radius 1 is 0.912 bits per heavy atom. The standard InChI is InChI=1S/C24H24F3N3O4/c25-24(26,27)18-5-2-6-19(15-18)28-10-12-29(13-11-28)22(32)16-34-23(33)17-4-1-7-20(14-17)30-9-3-8-21(30)31/h1-2,4-7,14-15H,3,8-13,16H2. The number of rotatable bonds is 5. The van der Waals surface area contributed by atoms with Crippen LogP contribution in [0.5, 0.6) is 0 Å². The van der Waals surface area contributed by atoms with E-state index in [0.29, 0.717) is 50.5 Å². The second-order valence-electron chi connectivity index (χ2n) is 8.19. The molecule has 0 atom stereocenters. The highest BCUT2D eigenvalue weighted by atomic mass is 19.4. The molecule has 2 aromatic carbocycles. The fraction of sp³-hybridized carbons (Fsp3) is 0.375. The number of hydrogen-bond donors (Lipinski definition) is 0. The quantitative estimate of drug-likeness (QED) is 0.621. The van der Waals surface area contributed by atoms with Crippen molar-refractivity contribution in [1.82, 2.24) is 4.90 Å². The number of halogens is 3. The summed E-state index contributed by atoms with van der Waals surface area (Å²) in [5.41, 5.74) is 0.603. The maximum atomic E-state index is 13.0. The number of hydrogen-bond acceptors (Lipinski definition) is 5. The summed E-state index contributed by atoms with van der Waals surface area (Å²) in [6.07, 6.45) is -3.17. The molecule has 2 saturated heterocycles. The van der Waals surface area contributed by atoms with Crippen molar-refractivity contribution < 1.29 is 32.3 Å². The molecule has 2 heterocycles. The second-order valence-corrected chi connectivity index (χ2v) is 8.19. The number of carbonyl (C=O) groups is 3. The van der Waals surface area contributed by atoms with E-state index in [1.165, 1.54) is 11.0 Å². The van der Waals surface area contributed by atoms with Gasteiger partial charge in [-0.1, -0.05) is 12.1 Å². The van der Waals surface area contributed by atoms with Crippen LogP contribution in [0.2, 0.25) is 0 Å². The zero-order valence-electron chi connectivity index (χ0n) is 18.4. The summed E-state index contributed by atoms with van der Waals surface area (Å²) in [6.45, 7) is 1.51. The number of nitrogens with zero attached hydrogens (tertiary/aromatic N) is 3. The molecule has 34 heavy (non-hydrogen) atoms. The van der Waals surface area contributed by atoms with Gasteiger partial charge in [0.25, 0.3) is 5.91 Å². The normalized spacial score (nSPS) is 16.7. The Labute approximate surface area is 194 Å². The Morgan fingerprint density at radius 3 is 2.29 bits per heavy atom. The Morgan fingerprint density at radius 2 is 1.62 bits per heavy atom. The molecule has 180 valence electrons. The minimum atomic E-state index is -4.42. The van der Waals surface area contributed by atoms with Crippen LogP contribution in [0.3, 0.4) is 0 Å². The van der Waals surface area contributed by atoms with Gasteiger partial charge in [-0.25, -0.2) is 4.79 Å². The Balaban J connectivity index is 1.29. The number of carbonyl (C=O) groups excluding carboxylic acids is 3. The Kier molecular flexibility index (Phi) is 6.76. The van der Waals surface area contributed by atoms with Crippen LogP contribution in [0.1, 0.15) is 28.8 Å². The molecule has 0 radical (unpaired) electrons. The fourth-order valence-corrected chi connectivity index (χ4v) is 4.12. The summed E-state index contributed by atoms with van der Waals surface area (Å²) in [6, 6.07) is 11.6. The summed E-state index contributed by atoms with van der Waals surface area (Å²) in [5, 5.41) is 0. The molecule has 2 aliphatic heterocycles. The smallest absolute Gasteiger partial charge is 0.416 e. The molecule has 2 aromatic rings. The fourth-order valence-electron chi connectivity index (χ4n) is 4.12. The van der Waals surface area contributed by atoms with Gasteiger partial charge in [-0.2, -0.15) is 13.2 Å². The number of benzene rings is 2. The van der Waals surface area contributed by atoms with Gasteiger partial charge in [0.15, 0.2) is 6.61 Å². The maximum Gasteiger partial charge on any atom is 0.416 e. The number of amides is 2. The van der Waals surface area contributed by atoms with E-state index in [1.54, 1.807) is 40.1 Å². The number of piperazine rings is 1. The molecular weight excluding hydrogens is 451 g/mol. The number of ether oxygens (including phenoxy) is 1. The van der Waals surface area contributed by atoms with Crippen molar-refractivity contribution in [2.75, 3.05) is 49.1 Å². The molecule has 0 aliphatic carbocycles. The van der Waals surface area contributed by atoms with Gasteiger partial charge in [0.2, 0.25) is 5.91 Å². The van der Waals surface area contributed by atoms with Gasteiger partial charge in [0, 0.05) is 50.5 Å². The van der Waals surface area contributed by atoms with Crippen molar-refractivity contribution in [1.29, 1.82) is 0 Å². The molecule has 0 saturated carbocycles. The lowest BCUT2D eigenvalue weighted by Crippen LogP contribution is -2.50. The molecular formula is C24H24F3N3O4. The van der Waals surface area contributed by atoms with Crippen LogP contribution in [0.4, 0.5) is 24.5 Å². The topological polar surface area (TPSA) is 70.2 Å². The third-order valence-electron chi connectivity index (χ3n) is 5.96. The molecule has 7 nitrogen and oxygen atoms in total. The summed E-state index contributed by atoms with van der Waals surface area (Å²) in [5.74, 6) is -1.03. The van der Waals surface area contributed by atoms with E-state index >= 15 is 0 Å². The van der Waals surface area contributed by atoms with Crippen LogP contribution in [0.15, 0.2) is 48.5 Å². The Bertz CT molecular complexity index is 1080. The van der Waals surface area contributed by atoms with Crippen molar-refractivity contribution >= 4 is 29.2 Å². The minimum absolute atomic E-state index is 0.00460. The highest BCUT2D eigenvalue weighted by Crippen LogP contribution is 2.32. The Hall–Kier alpha value is -3.56. The molecule has 0 aromatic heterocycles. The average molecular weight is 475 g/mol. The largest absolute Gasteiger partial charge is 0.452 e. The van der Waals surface area contributed by atoms with Crippen LogP contribution < -0.4 is 9.80 Å². The van der Waals surface area contributed by atoms with Crippen LogP contribution in [-0.4, -0.2) is 62.0 Å². The van der Waals surface area contributed by atoms with E-state index in [4.69, 9.17) is 4.74 Å². The third kappa shape index (κ3) is 5.32. The summed E-state index contributed by atoms with van der Waals surface area (Å²) >= 11 is 0. The maximum absolute atomic E-state index is 13.0. The van der Waals surface area contributed by atoms with Crippen molar-refractivity contribution in [3.8, 4) is 0 Å². The van der Waals surface area contributed by atoms with Crippen molar-refractivity contribution in [3.63, 3.8) is 0 Å². The first kappa shape index (κ1) is 23.6. The van der Waals surface area contributed by atoms with Crippen LogP contribution >= 0.6 is 0 Å². The van der Waals surface area contributed by atoms with Gasteiger partial charge in [0.1, 0.15) is 0 Å². The molecule has 2 aliphatic rings. The van der Waals surface area contributed by atoms with Gasteiger partial charge >= 0.3 is 12.1 Å². The SMILES string of the molecule is O=C(OCC(=O)N1CCN(c2cccc(C(F)(F)F)c2)CC1)c1cccc(N2CCCC2=O)c1.